The Kier molecular flexibility index (Phi) is 3.79. The molecule has 0 aromatic rings. The Labute approximate surface area is 123 Å². The van der Waals surface area contributed by atoms with E-state index in [1.165, 1.54) is 6.92 Å². The number of rotatable bonds is 5. The molecule has 2 saturated carbocycles. The molecule has 2 aliphatic carbocycles. The fraction of sp³-hybridized carbons (Fsp3) is 0.867. The number of halogens is 2. The molecule has 1 amide bonds. The van der Waals surface area contributed by atoms with Gasteiger partial charge in [-0.3, -0.25) is 4.79 Å². The van der Waals surface area contributed by atoms with Crippen molar-refractivity contribution in [2.24, 2.45) is 11.8 Å². The quantitative estimate of drug-likeness (QED) is 0.848. The van der Waals surface area contributed by atoms with Gasteiger partial charge >= 0.3 is 6.09 Å². The molecule has 0 aliphatic heterocycles. The predicted molar refractivity (Wildman–Crippen MR) is 73.2 cm³/mol. The van der Waals surface area contributed by atoms with Crippen molar-refractivity contribution in [1.82, 2.24) is 5.32 Å². The maximum atomic E-state index is 14.2. The number of carbonyl (C=O) groups excluding carboxylic acids is 2. The van der Waals surface area contributed by atoms with Gasteiger partial charge in [0.05, 0.1) is 5.92 Å². The minimum atomic E-state index is -2.91. The highest BCUT2D eigenvalue weighted by molar-refractivity contribution is 5.93. The molecule has 21 heavy (non-hydrogen) atoms. The second kappa shape index (κ2) is 4.92. The number of amides is 1. The summed E-state index contributed by atoms with van der Waals surface area (Å²) >= 11 is 0. The average molecular weight is 303 g/mol. The summed E-state index contributed by atoms with van der Waals surface area (Å²) in [5, 5.41) is 2.38. The monoisotopic (exact) mass is 303 g/mol. The van der Waals surface area contributed by atoms with Crippen LogP contribution in [0.25, 0.3) is 0 Å². The average Bonchev–Trinajstić information content (AvgIpc) is 3.10. The molecule has 1 unspecified atom stereocenters. The molecule has 2 rings (SSSR count). The molecule has 2 atom stereocenters. The van der Waals surface area contributed by atoms with E-state index in [-0.39, 0.29) is 18.8 Å². The van der Waals surface area contributed by atoms with Gasteiger partial charge in [0.15, 0.2) is 5.78 Å². The van der Waals surface area contributed by atoms with E-state index in [2.05, 4.69) is 5.32 Å². The van der Waals surface area contributed by atoms with E-state index in [0.717, 1.165) is 12.8 Å². The standard InChI is InChI=1S/C15H23F2NO3/c1-9(19)14(18-12(20)21-13(2,3)4)8-11(14)15(16,17)7-10-5-6-10/h10-11H,5-8H2,1-4H3,(H,18,20)/t11-,14?/m1/s1. The van der Waals surface area contributed by atoms with Gasteiger partial charge in [-0.05, 0) is 52.9 Å². The molecular weight excluding hydrogens is 280 g/mol. The highest BCUT2D eigenvalue weighted by Crippen LogP contribution is 2.57. The number of hydrogen-bond acceptors (Lipinski definition) is 3. The van der Waals surface area contributed by atoms with Gasteiger partial charge in [0.1, 0.15) is 11.1 Å². The van der Waals surface area contributed by atoms with Gasteiger partial charge in [-0.15, -0.1) is 0 Å². The third-order valence-corrected chi connectivity index (χ3v) is 4.08. The van der Waals surface area contributed by atoms with Crippen LogP contribution in [0.5, 0.6) is 0 Å². The summed E-state index contributed by atoms with van der Waals surface area (Å²) in [6.07, 6.45) is 0.635. The van der Waals surface area contributed by atoms with Gasteiger partial charge in [-0.1, -0.05) is 0 Å². The molecule has 4 nitrogen and oxygen atoms in total. The van der Waals surface area contributed by atoms with Crippen LogP contribution in [0, 0.1) is 11.8 Å². The number of nitrogens with one attached hydrogen (secondary N) is 1. The number of ether oxygens (including phenoxy) is 1. The molecule has 2 aliphatic rings. The Bertz CT molecular complexity index is 454. The lowest BCUT2D eigenvalue weighted by atomic mass is 10.0. The minimum absolute atomic E-state index is 0.0126. The van der Waals surface area contributed by atoms with Gasteiger partial charge in [0, 0.05) is 6.42 Å². The van der Waals surface area contributed by atoms with Crippen LogP contribution in [-0.4, -0.2) is 28.9 Å². The summed E-state index contributed by atoms with van der Waals surface area (Å²) in [7, 11) is 0. The lowest BCUT2D eigenvalue weighted by Crippen LogP contribution is -2.48. The molecule has 0 aromatic carbocycles. The summed E-state index contributed by atoms with van der Waals surface area (Å²) in [5.74, 6) is -4.40. The van der Waals surface area contributed by atoms with Gasteiger partial charge in [-0.2, -0.15) is 0 Å². The predicted octanol–water partition coefficient (Wildman–Crippen LogP) is 3.29. The third-order valence-electron chi connectivity index (χ3n) is 4.08. The topological polar surface area (TPSA) is 55.4 Å². The first kappa shape index (κ1) is 16.2. The van der Waals surface area contributed by atoms with Crippen LogP contribution in [0.3, 0.4) is 0 Å². The summed E-state index contributed by atoms with van der Waals surface area (Å²) < 4.78 is 33.5. The zero-order valence-corrected chi connectivity index (χ0v) is 13.0. The van der Waals surface area contributed by atoms with Crippen LogP contribution >= 0.6 is 0 Å². The molecule has 0 heterocycles. The van der Waals surface area contributed by atoms with E-state index in [1.54, 1.807) is 20.8 Å². The molecule has 6 heteroatoms. The second-order valence-electron chi connectivity index (χ2n) is 7.32. The van der Waals surface area contributed by atoms with E-state index in [1.807, 2.05) is 0 Å². The van der Waals surface area contributed by atoms with Crippen molar-refractivity contribution in [2.75, 3.05) is 0 Å². The highest BCUT2D eigenvalue weighted by atomic mass is 19.3. The molecule has 120 valence electrons. The first-order chi connectivity index (χ1) is 9.46. The van der Waals surface area contributed by atoms with Crippen LogP contribution < -0.4 is 5.32 Å². The Morgan fingerprint density at radius 3 is 2.29 bits per heavy atom. The Morgan fingerprint density at radius 2 is 1.86 bits per heavy atom. The van der Waals surface area contributed by atoms with Crippen LogP contribution in [0.2, 0.25) is 0 Å². The van der Waals surface area contributed by atoms with Crippen LogP contribution in [0.4, 0.5) is 13.6 Å². The minimum Gasteiger partial charge on any atom is -0.444 e. The molecular formula is C15H23F2NO3. The molecule has 0 radical (unpaired) electrons. The first-order valence-electron chi connectivity index (χ1n) is 7.36. The number of hydrogen-bond donors (Lipinski definition) is 1. The van der Waals surface area contributed by atoms with Crippen LogP contribution in [0.15, 0.2) is 0 Å². The molecule has 2 fully saturated rings. The smallest absolute Gasteiger partial charge is 0.408 e. The van der Waals surface area contributed by atoms with Crippen molar-refractivity contribution >= 4 is 11.9 Å². The van der Waals surface area contributed by atoms with Gasteiger partial charge < -0.3 is 10.1 Å². The number of carbonyl (C=O) groups is 2. The lowest BCUT2D eigenvalue weighted by molar-refractivity contribution is -0.123. The molecule has 0 aromatic heterocycles. The van der Waals surface area contributed by atoms with Crippen molar-refractivity contribution in [3.05, 3.63) is 0 Å². The summed E-state index contributed by atoms with van der Waals surface area (Å²) in [6.45, 7) is 6.28. The number of alkyl halides is 2. The lowest BCUT2D eigenvalue weighted by Gasteiger charge is -2.25. The summed E-state index contributed by atoms with van der Waals surface area (Å²) in [5.41, 5.74) is -2.19. The second-order valence-corrected chi connectivity index (χ2v) is 7.32. The molecule has 0 bridgehead atoms. The Balaban J connectivity index is 2.03. The Morgan fingerprint density at radius 1 is 1.29 bits per heavy atom. The SMILES string of the molecule is CC(=O)C1(NC(=O)OC(C)(C)C)C[C@H]1C(F)(F)CC1CC1. The number of Topliss-reactive ketones (excluding diaryl/α,β-unsaturated/α-hetero) is 1. The maximum absolute atomic E-state index is 14.2. The number of ketones is 1. The van der Waals surface area contributed by atoms with Crippen molar-refractivity contribution in [3.63, 3.8) is 0 Å². The van der Waals surface area contributed by atoms with E-state index >= 15 is 0 Å². The van der Waals surface area contributed by atoms with Crippen molar-refractivity contribution < 1.29 is 23.1 Å². The molecule has 0 saturated heterocycles. The van der Waals surface area contributed by atoms with Gasteiger partial charge in [-0.25, -0.2) is 13.6 Å². The largest absolute Gasteiger partial charge is 0.444 e. The normalized spacial score (nSPS) is 29.0. The van der Waals surface area contributed by atoms with Crippen molar-refractivity contribution in [3.8, 4) is 0 Å². The van der Waals surface area contributed by atoms with Crippen LogP contribution in [-0.2, 0) is 9.53 Å². The fourth-order valence-corrected chi connectivity index (χ4v) is 2.72. The first-order valence-corrected chi connectivity index (χ1v) is 7.36. The van der Waals surface area contributed by atoms with E-state index in [0.29, 0.717) is 0 Å². The molecule has 0 spiro atoms. The van der Waals surface area contributed by atoms with Gasteiger partial charge in [0.2, 0.25) is 0 Å². The number of alkyl carbamates (subject to hydrolysis) is 1. The van der Waals surface area contributed by atoms with E-state index in [4.69, 9.17) is 4.74 Å². The zero-order chi connectivity index (χ0) is 16.1. The fourth-order valence-electron chi connectivity index (χ4n) is 2.72. The molecule has 1 N–H and O–H groups in total. The van der Waals surface area contributed by atoms with Crippen molar-refractivity contribution in [2.45, 2.75) is 70.4 Å². The van der Waals surface area contributed by atoms with Gasteiger partial charge in [0.25, 0.3) is 5.92 Å². The Hall–Kier alpha value is -1.20. The summed E-state index contributed by atoms with van der Waals surface area (Å²) in [4.78, 5) is 23.6. The summed E-state index contributed by atoms with van der Waals surface area (Å²) in [6, 6.07) is 0. The van der Waals surface area contributed by atoms with Crippen LogP contribution in [0.1, 0.15) is 53.4 Å². The highest BCUT2D eigenvalue weighted by Gasteiger charge is 2.69. The van der Waals surface area contributed by atoms with Crippen molar-refractivity contribution in [1.29, 1.82) is 0 Å². The maximum Gasteiger partial charge on any atom is 0.408 e. The third kappa shape index (κ3) is 3.71. The zero-order valence-electron chi connectivity index (χ0n) is 13.0. The van der Waals surface area contributed by atoms with E-state index < -0.39 is 34.9 Å². The van der Waals surface area contributed by atoms with E-state index in [9.17, 15) is 18.4 Å².